The number of aromatic nitrogens is 1. The Labute approximate surface area is 175 Å². The first-order chi connectivity index (χ1) is 13.6. The largest absolute Gasteiger partial charge is 0.616 e. The topological polar surface area (TPSA) is 129 Å². The third kappa shape index (κ3) is 7.15. The average Bonchev–Trinajstić information content (AvgIpc) is 3.06. The summed E-state index contributed by atoms with van der Waals surface area (Å²) >= 11 is 0.0983. The molecule has 0 aliphatic carbocycles. The molecular formula is C19H22N2O6S2. The molecule has 156 valence electrons. The molecule has 0 saturated carbocycles. The van der Waals surface area contributed by atoms with E-state index in [-0.39, 0.29) is 34.7 Å². The van der Waals surface area contributed by atoms with Crippen molar-refractivity contribution >= 4 is 45.5 Å². The molecule has 1 heterocycles. The number of nitrogens with one attached hydrogen (secondary N) is 1. The molecule has 0 bridgehead atoms. The Morgan fingerprint density at radius 1 is 1.24 bits per heavy atom. The Morgan fingerprint density at radius 3 is 2.59 bits per heavy atom. The van der Waals surface area contributed by atoms with Gasteiger partial charge in [0.25, 0.3) is 5.91 Å². The van der Waals surface area contributed by atoms with Crippen LogP contribution in [0.4, 0.5) is 5.13 Å². The van der Waals surface area contributed by atoms with E-state index in [2.05, 4.69) is 10.3 Å². The van der Waals surface area contributed by atoms with Crippen molar-refractivity contribution in [1.82, 2.24) is 4.98 Å². The molecule has 0 aliphatic heterocycles. The molecule has 8 nitrogen and oxygen atoms in total. The number of rotatable bonds is 8. The van der Waals surface area contributed by atoms with Crippen LogP contribution in [0.5, 0.6) is 5.75 Å². The molecule has 0 radical (unpaired) electrons. The Bertz CT molecular complexity index is 891. The third-order valence-electron chi connectivity index (χ3n) is 3.63. The van der Waals surface area contributed by atoms with Gasteiger partial charge in [-0.2, -0.15) is 0 Å². The molecule has 0 saturated heterocycles. The van der Waals surface area contributed by atoms with E-state index >= 15 is 0 Å². The second kappa shape index (κ2) is 9.86. The fourth-order valence-electron chi connectivity index (χ4n) is 2.07. The summed E-state index contributed by atoms with van der Waals surface area (Å²) in [5, 5.41) is 13.3. The first-order valence-corrected chi connectivity index (χ1v) is 10.9. The normalized spacial score (nSPS) is 12.3. The average molecular weight is 439 g/mol. The van der Waals surface area contributed by atoms with E-state index in [4.69, 9.17) is 9.84 Å². The highest BCUT2D eigenvalue weighted by atomic mass is 32.2. The Balaban J connectivity index is 2.04. The van der Waals surface area contributed by atoms with Gasteiger partial charge >= 0.3 is 11.9 Å². The molecular weight excluding hydrogens is 416 g/mol. The molecule has 0 fully saturated rings. The summed E-state index contributed by atoms with van der Waals surface area (Å²) in [6.45, 7) is 5.65. The summed E-state index contributed by atoms with van der Waals surface area (Å²) in [7, 11) is 0. The minimum Gasteiger partial charge on any atom is -0.616 e. The van der Waals surface area contributed by atoms with Crippen molar-refractivity contribution < 1.29 is 28.8 Å². The van der Waals surface area contributed by atoms with Crippen LogP contribution >= 0.6 is 11.3 Å². The van der Waals surface area contributed by atoms with Gasteiger partial charge in [0.15, 0.2) is 5.13 Å². The zero-order valence-electron chi connectivity index (χ0n) is 16.3. The van der Waals surface area contributed by atoms with Gasteiger partial charge in [0.2, 0.25) is 0 Å². The van der Waals surface area contributed by atoms with Gasteiger partial charge in [0.05, 0.1) is 18.4 Å². The summed E-state index contributed by atoms with van der Waals surface area (Å²) in [6.07, 6.45) is -0.656. The van der Waals surface area contributed by atoms with Gasteiger partial charge in [0, 0.05) is 5.38 Å². The number of amides is 1. The van der Waals surface area contributed by atoms with Crippen LogP contribution in [0, 0.1) is 0 Å². The van der Waals surface area contributed by atoms with E-state index in [1.807, 2.05) is 20.8 Å². The zero-order chi connectivity index (χ0) is 21.6. The van der Waals surface area contributed by atoms with Gasteiger partial charge in [-0.3, -0.25) is 19.7 Å². The van der Waals surface area contributed by atoms with Gasteiger partial charge in [-0.25, -0.2) is 4.98 Å². The van der Waals surface area contributed by atoms with Crippen LogP contribution in [-0.2, 0) is 26.5 Å². The van der Waals surface area contributed by atoms with Crippen LogP contribution in [0.25, 0.3) is 0 Å². The standard InChI is InChI=1S/C19H22N2O6S2/c1-19(2,3)29(26)11-12-10-28-18(20-12)21-17(25)13-6-4-5-7-14(13)27-16(24)9-8-15(22)23/h4-7,10H,8-9,11H2,1-3H3,(H,22,23)(H,20,21,25). The Hall–Kier alpha value is -2.43. The van der Waals surface area contributed by atoms with Crippen LogP contribution in [0.3, 0.4) is 0 Å². The van der Waals surface area contributed by atoms with Crippen molar-refractivity contribution in [3.8, 4) is 5.75 Å². The predicted molar refractivity (Wildman–Crippen MR) is 111 cm³/mol. The molecule has 2 rings (SSSR count). The molecule has 1 aromatic heterocycles. The lowest BCUT2D eigenvalue weighted by Gasteiger charge is -2.23. The predicted octanol–water partition coefficient (Wildman–Crippen LogP) is 3.21. The van der Waals surface area contributed by atoms with Gasteiger partial charge in [-0.1, -0.05) is 12.1 Å². The van der Waals surface area contributed by atoms with Gasteiger partial charge in [0.1, 0.15) is 21.9 Å². The van der Waals surface area contributed by atoms with Gasteiger partial charge < -0.3 is 14.4 Å². The third-order valence-corrected chi connectivity index (χ3v) is 6.36. The quantitative estimate of drug-likeness (QED) is 0.368. The Kier molecular flexibility index (Phi) is 7.77. The minimum absolute atomic E-state index is 0.0333. The van der Waals surface area contributed by atoms with Gasteiger partial charge in [-0.05, 0) is 44.1 Å². The number of thiazole rings is 1. The number of para-hydroxylation sites is 1. The molecule has 29 heavy (non-hydrogen) atoms. The highest BCUT2D eigenvalue weighted by Gasteiger charge is 2.27. The number of carboxylic acids is 1. The maximum Gasteiger partial charge on any atom is 0.311 e. The lowest BCUT2D eigenvalue weighted by molar-refractivity contribution is -0.142. The highest BCUT2D eigenvalue weighted by molar-refractivity contribution is 7.91. The molecule has 10 heteroatoms. The zero-order valence-corrected chi connectivity index (χ0v) is 17.9. The van der Waals surface area contributed by atoms with Crippen LogP contribution in [0.15, 0.2) is 29.6 Å². The lowest BCUT2D eigenvalue weighted by Crippen LogP contribution is -2.29. The minimum atomic E-state index is -1.11. The van der Waals surface area contributed by atoms with E-state index < -0.39 is 29.0 Å². The molecule has 1 atom stereocenters. The van der Waals surface area contributed by atoms with Crippen LogP contribution in [0.2, 0.25) is 0 Å². The van der Waals surface area contributed by atoms with Gasteiger partial charge in [-0.15, -0.1) is 11.3 Å². The second-order valence-corrected chi connectivity index (χ2v) is 10.1. The summed E-state index contributed by atoms with van der Waals surface area (Å²) < 4.78 is 17.0. The summed E-state index contributed by atoms with van der Waals surface area (Å²) in [5.41, 5.74) is 0.734. The number of hydrogen-bond acceptors (Lipinski definition) is 7. The van der Waals surface area contributed by atoms with Crippen molar-refractivity contribution in [2.75, 3.05) is 5.32 Å². The SMILES string of the molecule is CC(C)(C)[S+]([O-])Cc1csc(NC(=O)c2ccccc2OC(=O)CCC(=O)O)n1. The molecule has 2 N–H and O–H groups in total. The van der Waals surface area contributed by atoms with Crippen molar-refractivity contribution in [2.24, 2.45) is 0 Å². The summed E-state index contributed by atoms with van der Waals surface area (Å²) in [4.78, 5) is 39.2. The lowest BCUT2D eigenvalue weighted by atomic mass is 10.2. The van der Waals surface area contributed by atoms with E-state index in [0.717, 1.165) is 0 Å². The molecule has 1 amide bonds. The first-order valence-electron chi connectivity index (χ1n) is 8.72. The van der Waals surface area contributed by atoms with Crippen LogP contribution < -0.4 is 10.1 Å². The number of aliphatic carboxylic acids is 1. The maximum atomic E-state index is 12.6. The summed E-state index contributed by atoms with van der Waals surface area (Å²) in [5.74, 6) is -2.06. The van der Waals surface area contributed by atoms with Crippen LogP contribution in [0.1, 0.15) is 49.7 Å². The van der Waals surface area contributed by atoms with Crippen LogP contribution in [-0.4, -0.2) is 37.2 Å². The number of carbonyl (C=O) groups is 3. The fraction of sp³-hybridized carbons (Fsp3) is 0.368. The summed E-state index contributed by atoms with van der Waals surface area (Å²) in [6, 6.07) is 6.15. The van der Waals surface area contributed by atoms with Crippen molar-refractivity contribution in [3.05, 3.63) is 40.9 Å². The number of carbonyl (C=O) groups excluding carboxylic acids is 2. The molecule has 2 aromatic rings. The monoisotopic (exact) mass is 438 g/mol. The number of ether oxygens (including phenoxy) is 1. The van der Waals surface area contributed by atoms with E-state index in [1.54, 1.807) is 17.5 Å². The number of hydrogen-bond donors (Lipinski definition) is 2. The van der Waals surface area contributed by atoms with E-state index in [0.29, 0.717) is 10.8 Å². The second-order valence-electron chi connectivity index (χ2n) is 7.06. The number of nitrogens with zero attached hydrogens (tertiary/aromatic N) is 1. The van der Waals surface area contributed by atoms with E-state index in [1.165, 1.54) is 23.5 Å². The van der Waals surface area contributed by atoms with Crippen molar-refractivity contribution in [3.63, 3.8) is 0 Å². The molecule has 0 spiro atoms. The smallest absolute Gasteiger partial charge is 0.311 e. The molecule has 1 unspecified atom stereocenters. The maximum absolute atomic E-state index is 12.6. The molecule has 1 aromatic carbocycles. The first kappa shape index (κ1) is 22.9. The fourth-order valence-corrected chi connectivity index (χ4v) is 3.73. The molecule has 0 aliphatic rings. The van der Waals surface area contributed by atoms with Crippen molar-refractivity contribution in [1.29, 1.82) is 0 Å². The van der Waals surface area contributed by atoms with Crippen molar-refractivity contribution in [2.45, 2.75) is 44.1 Å². The van der Waals surface area contributed by atoms with E-state index in [9.17, 15) is 18.9 Å². The number of carboxylic acid groups (broad SMARTS) is 1. The highest BCUT2D eigenvalue weighted by Crippen LogP contribution is 2.25. The number of anilines is 1. The Morgan fingerprint density at radius 2 is 1.93 bits per heavy atom. The number of benzene rings is 1. The number of esters is 1.